The fourth-order valence-corrected chi connectivity index (χ4v) is 4.92. The molecule has 4 rings (SSSR count). The van der Waals surface area contributed by atoms with Crippen LogP contribution < -0.4 is 4.90 Å². The Balaban J connectivity index is 1.70. The topological polar surface area (TPSA) is 53.8 Å². The van der Waals surface area contributed by atoms with E-state index in [9.17, 15) is 9.18 Å². The molecule has 1 amide bonds. The van der Waals surface area contributed by atoms with Crippen molar-refractivity contribution in [3.8, 4) is 5.69 Å². The van der Waals surface area contributed by atoms with Crippen molar-refractivity contribution in [2.24, 2.45) is 0 Å². The first kappa shape index (κ1) is 24.4. The lowest BCUT2D eigenvalue weighted by atomic mass is 10.1. The summed E-state index contributed by atoms with van der Waals surface area (Å²) in [5, 5.41) is 6.80. The van der Waals surface area contributed by atoms with Crippen molar-refractivity contribution in [1.82, 2.24) is 19.6 Å². The molecular weight excluding hydrogens is 453 g/mol. The third kappa shape index (κ3) is 5.65. The van der Waals surface area contributed by atoms with E-state index < -0.39 is 0 Å². The molecule has 1 aliphatic rings. The Morgan fingerprint density at radius 3 is 2.68 bits per heavy atom. The van der Waals surface area contributed by atoms with Gasteiger partial charge in [-0.1, -0.05) is 12.1 Å². The average molecular weight is 486 g/mol. The minimum atomic E-state index is -0.302. The van der Waals surface area contributed by atoms with Gasteiger partial charge in [0.1, 0.15) is 11.6 Å². The highest BCUT2D eigenvalue weighted by atomic mass is 32.1. The summed E-state index contributed by atoms with van der Waals surface area (Å²) >= 11 is 1.59. The molecule has 0 spiro atoms. The van der Waals surface area contributed by atoms with E-state index in [1.165, 1.54) is 12.1 Å². The lowest BCUT2D eigenvalue weighted by Gasteiger charge is -2.35. The summed E-state index contributed by atoms with van der Waals surface area (Å²) in [6, 6.07) is 10.5. The van der Waals surface area contributed by atoms with Crippen molar-refractivity contribution in [1.29, 1.82) is 0 Å². The fourth-order valence-electron chi connectivity index (χ4n) is 4.22. The van der Waals surface area contributed by atoms with E-state index in [4.69, 9.17) is 9.84 Å². The smallest absolute Gasteiger partial charge is 0.228 e. The van der Waals surface area contributed by atoms with E-state index in [0.717, 1.165) is 48.1 Å². The van der Waals surface area contributed by atoms with Crippen molar-refractivity contribution >= 4 is 23.1 Å². The van der Waals surface area contributed by atoms with Crippen LogP contribution in [0.4, 0.5) is 10.2 Å². The van der Waals surface area contributed by atoms with Gasteiger partial charge in [0, 0.05) is 50.3 Å². The number of likely N-dealkylation sites (N-methyl/N-ethyl adjacent to an activating group) is 1. The maximum atomic E-state index is 14.1. The van der Waals surface area contributed by atoms with Gasteiger partial charge in [0.05, 0.1) is 31.0 Å². The van der Waals surface area contributed by atoms with E-state index in [-0.39, 0.29) is 11.7 Å². The first-order valence-electron chi connectivity index (χ1n) is 11.5. The molecule has 1 saturated heterocycles. The van der Waals surface area contributed by atoms with E-state index in [2.05, 4.69) is 16.8 Å². The molecule has 0 unspecified atom stereocenters. The van der Waals surface area contributed by atoms with Crippen LogP contribution >= 0.6 is 11.3 Å². The van der Waals surface area contributed by atoms with Gasteiger partial charge in [-0.3, -0.25) is 4.79 Å². The molecule has 3 heterocycles. The zero-order valence-corrected chi connectivity index (χ0v) is 20.9. The quantitative estimate of drug-likeness (QED) is 0.465. The molecule has 0 aliphatic carbocycles. The number of rotatable bonds is 9. The maximum Gasteiger partial charge on any atom is 0.228 e. The number of benzene rings is 1. The highest BCUT2D eigenvalue weighted by molar-refractivity contribution is 7.10. The fraction of sp³-hybridized carbons (Fsp3) is 0.440. The van der Waals surface area contributed by atoms with Gasteiger partial charge in [-0.25, -0.2) is 9.07 Å². The molecule has 3 aromatic rings. The highest BCUT2D eigenvalue weighted by Gasteiger charge is 2.27. The van der Waals surface area contributed by atoms with Crippen LogP contribution in [0.3, 0.4) is 0 Å². The second kappa shape index (κ2) is 11.1. The molecule has 1 aromatic carbocycles. The number of ether oxygens (including phenoxy) is 1. The van der Waals surface area contributed by atoms with Gasteiger partial charge in [0.25, 0.3) is 0 Å². The van der Waals surface area contributed by atoms with Crippen molar-refractivity contribution < 1.29 is 13.9 Å². The van der Waals surface area contributed by atoms with Crippen LogP contribution in [-0.4, -0.2) is 79.0 Å². The molecule has 0 N–H and O–H groups in total. The number of aromatic nitrogens is 2. The summed E-state index contributed by atoms with van der Waals surface area (Å²) in [4.78, 5) is 20.8. The number of halogens is 1. The predicted molar refractivity (Wildman–Crippen MR) is 133 cm³/mol. The molecule has 34 heavy (non-hydrogen) atoms. The Bertz CT molecular complexity index is 1090. The van der Waals surface area contributed by atoms with Crippen LogP contribution in [0.15, 0.2) is 41.8 Å². The Morgan fingerprint density at radius 1 is 1.21 bits per heavy atom. The molecule has 7 nitrogen and oxygen atoms in total. The number of aryl methyl sites for hydroxylation is 1. The molecule has 0 bridgehead atoms. The second-order valence-electron chi connectivity index (χ2n) is 8.63. The predicted octanol–water partition coefficient (Wildman–Crippen LogP) is 3.35. The van der Waals surface area contributed by atoms with Crippen molar-refractivity contribution in [3.05, 3.63) is 63.7 Å². The molecule has 0 atom stereocenters. The van der Waals surface area contributed by atoms with Gasteiger partial charge < -0.3 is 19.4 Å². The third-order valence-corrected chi connectivity index (χ3v) is 7.06. The van der Waals surface area contributed by atoms with Crippen LogP contribution in [0.5, 0.6) is 0 Å². The van der Waals surface area contributed by atoms with E-state index in [0.29, 0.717) is 31.8 Å². The van der Waals surface area contributed by atoms with Gasteiger partial charge in [-0.2, -0.15) is 5.10 Å². The summed E-state index contributed by atoms with van der Waals surface area (Å²) in [7, 11) is 3.76. The van der Waals surface area contributed by atoms with Gasteiger partial charge in [-0.15, -0.1) is 11.3 Å². The van der Waals surface area contributed by atoms with E-state index in [1.807, 2.05) is 40.1 Å². The summed E-state index contributed by atoms with van der Waals surface area (Å²) in [6.45, 7) is 6.87. The molecule has 9 heteroatoms. The number of thiophene rings is 1. The first-order chi connectivity index (χ1) is 16.5. The van der Waals surface area contributed by atoms with Gasteiger partial charge in [0.15, 0.2) is 0 Å². The van der Waals surface area contributed by atoms with E-state index in [1.54, 1.807) is 24.5 Å². The Labute approximate surface area is 204 Å². The van der Waals surface area contributed by atoms with Crippen LogP contribution in [0.2, 0.25) is 0 Å². The lowest BCUT2D eigenvalue weighted by molar-refractivity contribution is -0.131. The van der Waals surface area contributed by atoms with Crippen LogP contribution in [-0.2, 0) is 22.5 Å². The molecule has 0 radical (unpaired) electrons. The zero-order valence-electron chi connectivity index (χ0n) is 20.0. The van der Waals surface area contributed by atoms with Crippen LogP contribution in [0.1, 0.15) is 16.1 Å². The SMILES string of the molecule is COCCN(Cc1c(C)nn(-c2cccc(F)c2)c1N1CCN(C)CC1)C(=O)Cc1cccs1. The van der Waals surface area contributed by atoms with Crippen molar-refractivity contribution in [2.75, 3.05) is 58.4 Å². The average Bonchev–Trinajstić information content (AvgIpc) is 3.45. The molecule has 0 saturated carbocycles. The number of anilines is 1. The zero-order chi connectivity index (χ0) is 24.1. The van der Waals surface area contributed by atoms with Gasteiger partial charge in [-0.05, 0) is 43.6 Å². The number of carbonyl (C=O) groups excluding carboxylic acids is 1. The Kier molecular flexibility index (Phi) is 7.97. The molecule has 2 aromatic heterocycles. The van der Waals surface area contributed by atoms with Crippen LogP contribution in [0.25, 0.3) is 5.69 Å². The normalized spacial score (nSPS) is 14.5. The molecule has 1 aliphatic heterocycles. The Hall–Kier alpha value is -2.75. The second-order valence-corrected chi connectivity index (χ2v) is 9.67. The van der Waals surface area contributed by atoms with E-state index >= 15 is 0 Å². The monoisotopic (exact) mass is 485 g/mol. The van der Waals surface area contributed by atoms with Gasteiger partial charge in [0.2, 0.25) is 5.91 Å². The molecule has 1 fully saturated rings. The summed E-state index contributed by atoms with van der Waals surface area (Å²) in [6.07, 6.45) is 0.363. The number of amides is 1. The molecule has 182 valence electrons. The lowest BCUT2D eigenvalue weighted by Crippen LogP contribution is -2.45. The maximum absolute atomic E-state index is 14.1. The Morgan fingerprint density at radius 2 is 2.00 bits per heavy atom. The van der Waals surface area contributed by atoms with Crippen molar-refractivity contribution in [2.45, 2.75) is 19.9 Å². The molecular formula is C25H32FN5O2S. The number of piperazine rings is 1. The minimum absolute atomic E-state index is 0.0572. The summed E-state index contributed by atoms with van der Waals surface area (Å²) < 4.78 is 21.2. The van der Waals surface area contributed by atoms with Gasteiger partial charge >= 0.3 is 0 Å². The highest BCUT2D eigenvalue weighted by Crippen LogP contribution is 2.30. The number of hydrogen-bond donors (Lipinski definition) is 0. The largest absolute Gasteiger partial charge is 0.383 e. The van der Waals surface area contributed by atoms with Crippen LogP contribution in [0, 0.1) is 12.7 Å². The minimum Gasteiger partial charge on any atom is -0.383 e. The number of nitrogens with zero attached hydrogens (tertiary/aromatic N) is 5. The number of carbonyl (C=O) groups is 1. The third-order valence-electron chi connectivity index (χ3n) is 6.19. The number of hydrogen-bond acceptors (Lipinski definition) is 6. The summed E-state index contributed by atoms with van der Waals surface area (Å²) in [5.41, 5.74) is 2.51. The standard InChI is InChI=1S/C25H32FN5O2S/c1-19-23(18-30(13-14-33-3)24(32)17-22-8-5-15-34-22)25(29-11-9-28(2)10-12-29)31(27-19)21-7-4-6-20(26)16-21/h4-8,15-16H,9-14,17-18H2,1-3H3. The van der Waals surface area contributed by atoms with Crippen molar-refractivity contribution in [3.63, 3.8) is 0 Å². The number of methoxy groups -OCH3 is 1. The summed E-state index contributed by atoms with van der Waals surface area (Å²) in [5.74, 6) is 0.689. The first-order valence-corrected chi connectivity index (χ1v) is 12.4.